The largest absolute Gasteiger partial charge is 0.493 e. The van der Waals surface area contributed by atoms with Crippen LogP contribution in [-0.2, 0) is 11.0 Å². The third kappa shape index (κ3) is 5.39. The fourth-order valence-electron chi connectivity index (χ4n) is 3.43. The van der Waals surface area contributed by atoms with Crippen LogP contribution in [0.15, 0.2) is 30.5 Å². The van der Waals surface area contributed by atoms with Gasteiger partial charge in [-0.2, -0.15) is 18.3 Å². The topological polar surface area (TPSA) is 70.9 Å². The predicted octanol–water partition coefficient (Wildman–Crippen LogP) is 2.14. The molecule has 0 unspecified atom stereocenters. The minimum absolute atomic E-state index is 0.00808. The molecule has 2 heterocycles. The van der Waals surface area contributed by atoms with Crippen LogP contribution in [-0.4, -0.2) is 90.2 Å². The number of benzene rings is 1. The zero-order valence-corrected chi connectivity index (χ0v) is 18.2. The number of amides is 2. The standard InChI is InChI=1S/C21H26F3N5O3/c1-26(2)18(30)14-27-8-5-9-28(11-10-27)20(31)19-17(32-3)13-29(25-19)16-7-4-6-15(12-16)21(22,23)24/h4,6-7,12-13H,5,8-11,14H2,1-3H3. The maximum Gasteiger partial charge on any atom is 0.416 e. The second kappa shape index (κ2) is 9.60. The SMILES string of the molecule is COc1cn(-c2cccc(C(F)(F)F)c2)nc1C(=O)N1CCCN(CC(=O)N(C)C)CC1. The Balaban J connectivity index is 1.78. The Labute approximate surface area is 184 Å². The molecule has 0 saturated carbocycles. The summed E-state index contributed by atoms with van der Waals surface area (Å²) in [7, 11) is 4.77. The minimum Gasteiger partial charge on any atom is -0.493 e. The third-order valence-electron chi connectivity index (χ3n) is 5.27. The van der Waals surface area contributed by atoms with Crippen LogP contribution in [0.5, 0.6) is 5.75 Å². The van der Waals surface area contributed by atoms with Crippen molar-refractivity contribution in [2.75, 3.05) is 53.9 Å². The molecule has 174 valence electrons. The Bertz CT molecular complexity index is 974. The van der Waals surface area contributed by atoms with E-state index >= 15 is 0 Å². The number of aromatic nitrogens is 2. The number of methoxy groups -OCH3 is 1. The van der Waals surface area contributed by atoms with Gasteiger partial charge < -0.3 is 14.5 Å². The highest BCUT2D eigenvalue weighted by Gasteiger charge is 2.31. The summed E-state index contributed by atoms with van der Waals surface area (Å²) in [4.78, 5) is 30.3. The van der Waals surface area contributed by atoms with Gasteiger partial charge in [0.15, 0.2) is 11.4 Å². The average molecular weight is 453 g/mol. The summed E-state index contributed by atoms with van der Waals surface area (Å²) in [5.74, 6) is -0.198. The lowest BCUT2D eigenvalue weighted by Crippen LogP contribution is -2.39. The first kappa shape index (κ1) is 23.6. The summed E-state index contributed by atoms with van der Waals surface area (Å²) in [6.45, 7) is 2.37. The summed E-state index contributed by atoms with van der Waals surface area (Å²) < 4.78 is 45.7. The third-order valence-corrected chi connectivity index (χ3v) is 5.27. The molecule has 2 amide bonds. The molecule has 0 bridgehead atoms. The van der Waals surface area contributed by atoms with E-state index in [2.05, 4.69) is 5.10 Å². The van der Waals surface area contributed by atoms with Crippen LogP contribution in [0.2, 0.25) is 0 Å². The lowest BCUT2D eigenvalue weighted by Gasteiger charge is -2.22. The van der Waals surface area contributed by atoms with Crippen molar-refractivity contribution in [3.05, 3.63) is 41.7 Å². The fourth-order valence-corrected chi connectivity index (χ4v) is 3.43. The molecule has 0 aliphatic carbocycles. The van der Waals surface area contributed by atoms with Crippen molar-refractivity contribution in [3.8, 4) is 11.4 Å². The number of likely N-dealkylation sites (N-methyl/N-ethyl adjacent to an activating group) is 1. The number of halogens is 3. The first-order valence-corrected chi connectivity index (χ1v) is 10.1. The van der Waals surface area contributed by atoms with Gasteiger partial charge in [0, 0.05) is 40.3 Å². The van der Waals surface area contributed by atoms with Crippen LogP contribution in [0.1, 0.15) is 22.5 Å². The van der Waals surface area contributed by atoms with Gasteiger partial charge in [0.25, 0.3) is 5.91 Å². The summed E-state index contributed by atoms with van der Waals surface area (Å²) in [6.07, 6.45) is -2.41. The van der Waals surface area contributed by atoms with Gasteiger partial charge in [-0.25, -0.2) is 4.68 Å². The predicted molar refractivity (Wildman–Crippen MR) is 111 cm³/mol. The molecule has 1 saturated heterocycles. The summed E-state index contributed by atoms with van der Waals surface area (Å²) in [5.41, 5.74) is -0.610. The lowest BCUT2D eigenvalue weighted by atomic mass is 10.2. The van der Waals surface area contributed by atoms with Crippen molar-refractivity contribution < 1.29 is 27.5 Å². The van der Waals surface area contributed by atoms with Crippen molar-refractivity contribution in [1.29, 1.82) is 0 Å². The van der Waals surface area contributed by atoms with Crippen LogP contribution in [0.3, 0.4) is 0 Å². The Kier molecular flexibility index (Phi) is 7.07. The molecule has 1 aromatic carbocycles. The number of ether oxygens (including phenoxy) is 1. The van der Waals surface area contributed by atoms with Gasteiger partial charge >= 0.3 is 6.18 Å². The molecule has 0 spiro atoms. The summed E-state index contributed by atoms with van der Waals surface area (Å²) in [5, 5.41) is 4.23. The van der Waals surface area contributed by atoms with Crippen molar-refractivity contribution in [2.24, 2.45) is 0 Å². The van der Waals surface area contributed by atoms with E-state index in [-0.39, 0.29) is 35.5 Å². The lowest BCUT2D eigenvalue weighted by molar-refractivity contribution is -0.137. The highest BCUT2D eigenvalue weighted by Crippen LogP contribution is 2.31. The Hall–Kier alpha value is -3.08. The maximum absolute atomic E-state index is 13.1. The molecule has 1 fully saturated rings. The van der Waals surface area contributed by atoms with E-state index < -0.39 is 11.7 Å². The van der Waals surface area contributed by atoms with E-state index in [1.54, 1.807) is 19.0 Å². The number of nitrogens with zero attached hydrogens (tertiary/aromatic N) is 5. The Morgan fingerprint density at radius 2 is 1.91 bits per heavy atom. The first-order chi connectivity index (χ1) is 15.1. The van der Waals surface area contributed by atoms with Crippen LogP contribution in [0.4, 0.5) is 13.2 Å². The van der Waals surface area contributed by atoms with Crippen LogP contribution in [0, 0.1) is 0 Å². The zero-order chi connectivity index (χ0) is 23.5. The van der Waals surface area contributed by atoms with Crippen LogP contribution >= 0.6 is 0 Å². The normalized spacial score (nSPS) is 15.4. The van der Waals surface area contributed by atoms with Gasteiger partial charge in [-0.05, 0) is 24.6 Å². The van der Waals surface area contributed by atoms with Gasteiger partial charge in [-0.15, -0.1) is 0 Å². The Morgan fingerprint density at radius 3 is 2.56 bits per heavy atom. The van der Waals surface area contributed by atoms with E-state index in [1.807, 2.05) is 4.90 Å². The van der Waals surface area contributed by atoms with Gasteiger partial charge in [0.05, 0.1) is 31.1 Å². The van der Waals surface area contributed by atoms with Crippen LogP contribution in [0.25, 0.3) is 5.69 Å². The molecule has 8 nitrogen and oxygen atoms in total. The highest BCUT2D eigenvalue weighted by atomic mass is 19.4. The monoisotopic (exact) mass is 453 g/mol. The van der Waals surface area contributed by atoms with Gasteiger partial charge in [0.1, 0.15) is 0 Å². The van der Waals surface area contributed by atoms with E-state index in [9.17, 15) is 22.8 Å². The summed E-state index contributed by atoms with van der Waals surface area (Å²) in [6, 6.07) is 4.69. The van der Waals surface area contributed by atoms with E-state index in [0.29, 0.717) is 32.6 Å². The van der Waals surface area contributed by atoms with Gasteiger partial charge in [-0.3, -0.25) is 14.5 Å². The van der Waals surface area contributed by atoms with Crippen molar-refractivity contribution in [2.45, 2.75) is 12.6 Å². The molecular formula is C21H26F3N5O3. The number of hydrogen-bond acceptors (Lipinski definition) is 5. The quantitative estimate of drug-likeness (QED) is 0.694. The molecule has 1 aliphatic rings. The number of alkyl halides is 3. The molecule has 32 heavy (non-hydrogen) atoms. The van der Waals surface area contributed by atoms with E-state index in [4.69, 9.17) is 4.74 Å². The maximum atomic E-state index is 13.1. The van der Waals surface area contributed by atoms with Crippen molar-refractivity contribution in [3.63, 3.8) is 0 Å². The smallest absolute Gasteiger partial charge is 0.416 e. The van der Waals surface area contributed by atoms with Crippen molar-refractivity contribution >= 4 is 11.8 Å². The van der Waals surface area contributed by atoms with Crippen LogP contribution < -0.4 is 4.74 Å². The molecule has 1 aromatic heterocycles. The van der Waals surface area contributed by atoms with E-state index in [1.165, 1.54) is 35.0 Å². The molecule has 0 atom stereocenters. The first-order valence-electron chi connectivity index (χ1n) is 10.1. The fraction of sp³-hybridized carbons (Fsp3) is 0.476. The molecule has 11 heteroatoms. The molecule has 0 N–H and O–H groups in total. The second-order valence-electron chi connectivity index (χ2n) is 7.75. The number of rotatable bonds is 5. The molecule has 1 aliphatic heterocycles. The Morgan fingerprint density at radius 1 is 1.16 bits per heavy atom. The number of carbonyl (C=O) groups excluding carboxylic acids is 2. The van der Waals surface area contributed by atoms with Gasteiger partial charge in [-0.1, -0.05) is 6.07 Å². The molecular weight excluding hydrogens is 427 g/mol. The number of carbonyl (C=O) groups is 2. The summed E-state index contributed by atoms with van der Waals surface area (Å²) >= 11 is 0. The highest BCUT2D eigenvalue weighted by molar-refractivity contribution is 5.95. The molecule has 3 rings (SSSR count). The minimum atomic E-state index is -4.49. The molecule has 2 aromatic rings. The van der Waals surface area contributed by atoms with Gasteiger partial charge in [0.2, 0.25) is 5.91 Å². The zero-order valence-electron chi connectivity index (χ0n) is 18.2. The average Bonchev–Trinajstić information content (AvgIpc) is 3.05. The second-order valence-corrected chi connectivity index (χ2v) is 7.75. The van der Waals surface area contributed by atoms with Crippen molar-refractivity contribution in [1.82, 2.24) is 24.5 Å². The molecule has 0 radical (unpaired) electrons. The number of hydrogen-bond donors (Lipinski definition) is 0. The van der Waals surface area contributed by atoms with E-state index in [0.717, 1.165) is 12.1 Å².